The van der Waals surface area contributed by atoms with Crippen molar-refractivity contribution < 1.29 is 14.0 Å². The fourth-order valence-corrected chi connectivity index (χ4v) is 3.63. The van der Waals surface area contributed by atoms with E-state index in [9.17, 15) is 14.4 Å². The first-order valence-corrected chi connectivity index (χ1v) is 9.14. The number of carbonyl (C=O) groups excluding carboxylic acids is 2. The number of amides is 2. The molecule has 1 aliphatic heterocycles. The maximum Gasteiger partial charge on any atom is 0.420 e. The van der Waals surface area contributed by atoms with Gasteiger partial charge in [0.2, 0.25) is 5.91 Å². The van der Waals surface area contributed by atoms with Crippen molar-refractivity contribution in [3.63, 3.8) is 0 Å². The van der Waals surface area contributed by atoms with Crippen molar-refractivity contribution >= 4 is 28.7 Å². The number of nitrogens with one attached hydrogen (secondary N) is 1. The van der Waals surface area contributed by atoms with E-state index in [0.29, 0.717) is 29.9 Å². The van der Waals surface area contributed by atoms with Crippen LogP contribution >= 0.6 is 0 Å². The van der Waals surface area contributed by atoms with Gasteiger partial charge < -0.3 is 9.73 Å². The number of carbonyl (C=O) groups is 2. The van der Waals surface area contributed by atoms with Gasteiger partial charge in [0.05, 0.1) is 11.2 Å². The summed E-state index contributed by atoms with van der Waals surface area (Å²) >= 11 is 0. The summed E-state index contributed by atoms with van der Waals surface area (Å²) in [6.07, 6.45) is 1.31. The van der Waals surface area contributed by atoms with Crippen molar-refractivity contribution in [1.29, 1.82) is 0 Å². The SMILES string of the molecule is Cc1cc(N2CCC[C@H](NC(=O)Cn3c(=O)oc4ccccc43)C2=O)n(C)n1. The van der Waals surface area contributed by atoms with Gasteiger partial charge in [0, 0.05) is 19.7 Å². The maximum absolute atomic E-state index is 12.9. The van der Waals surface area contributed by atoms with E-state index in [1.165, 1.54) is 4.57 Å². The summed E-state index contributed by atoms with van der Waals surface area (Å²) in [6.45, 7) is 2.24. The molecule has 0 bridgehead atoms. The number of hydrogen-bond acceptors (Lipinski definition) is 5. The minimum Gasteiger partial charge on any atom is -0.408 e. The Balaban J connectivity index is 1.49. The molecular weight excluding hydrogens is 362 g/mol. The lowest BCUT2D eigenvalue weighted by Crippen LogP contribution is -2.53. The molecule has 1 atom stereocenters. The van der Waals surface area contributed by atoms with Crippen LogP contribution in [0.25, 0.3) is 11.1 Å². The molecule has 0 aliphatic carbocycles. The van der Waals surface area contributed by atoms with Crippen molar-refractivity contribution in [1.82, 2.24) is 19.7 Å². The standard InChI is InChI=1S/C19H21N5O4/c1-12-10-17(22(2)21-12)23-9-5-6-13(18(23)26)20-16(25)11-24-14-7-3-4-8-15(14)28-19(24)27/h3-4,7-8,10,13H,5-6,9,11H2,1-2H3,(H,20,25)/t13-/m0/s1. The summed E-state index contributed by atoms with van der Waals surface area (Å²) in [5.41, 5.74) is 1.79. The van der Waals surface area contributed by atoms with Crippen LogP contribution < -0.4 is 16.0 Å². The lowest BCUT2D eigenvalue weighted by atomic mass is 10.0. The highest BCUT2D eigenvalue weighted by Gasteiger charge is 2.32. The van der Waals surface area contributed by atoms with Gasteiger partial charge in [-0.05, 0) is 31.9 Å². The summed E-state index contributed by atoms with van der Waals surface area (Å²) in [5, 5.41) is 7.05. The van der Waals surface area contributed by atoms with Gasteiger partial charge in [-0.15, -0.1) is 0 Å². The topological polar surface area (TPSA) is 102 Å². The third kappa shape index (κ3) is 3.19. The van der Waals surface area contributed by atoms with Crippen LogP contribution in [0.5, 0.6) is 0 Å². The average Bonchev–Trinajstić information content (AvgIpc) is 3.15. The Morgan fingerprint density at radius 2 is 2.11 bits per heavy atom. The minimum absolute atomic E-state index is 0.174. The molecule has 0 radical (unpaired) electrons. The Labute approximate surface area is 160 Å². The van der Waals surface area contributed by atoms with Crippen molar-refractivity contribution in [2.24, 2.45) is 7.05 Å². The van der Waals surface area contributed by atoms with E-state index in [1.54, 1.807) is 40.9 Å². The molecule has 1 N–H and O–H groups in total. The van der Waals surface area contributed by atoms with Crippen LogP contribution in [0.2, 0.25) is 0 Å². The second-order valence-electron chi connectivity index (χ2n) is 6.94. The monoisotopic (exact) mass is 383 g/mol. The van der Waals surface area contributed by atoms with Gasteiger partial charge in [-0.3, -0.25) is 23.7 Å². The third-order valence-electron chi connectivity index (χ3n) is 4.90. The first kappa shape index (κ1) is 18.0. The zero-order chi connectivity index (χ0) is 19.8. The Hall–Kier alpha value is -3.36. The zero-order valence-corrected chi connectivity index (χ0v) is 15.7. The molecule has 2 amide bonds. The van der Waals surface area contributed by atoms with Gasteiger partial charge in [-0.1, -0.05) is 12.1 Å². The van der Waals surface area contributed by atoms with Gasteiger partial charge in [0.1, 0.15) is 18.4 Å². The largest absolute Gasteiger partial charge is 0.420 e. The fourth-order valence-electron chi connectivity index (χ4n) is 3.63. The van der Waals surface area contributed by atoms with E-state index in [1.807, 2.05) is 13.0 Å². The van der Waals surface area contributed by atoms with Crippen LogP contribution in [0.1, 0.15) is 18.5 Å². The van der Waals surface area contributed by atoms with Gasteiger partial charge in [0.25, 0.3) is 5.91 Å². The van der Waals surface area contributed by atoms with Crippen molar-refractivity contribution in [2.45, 2.75) is 32.4 Å². The minimum atomic E-state index is -0.634. The molecule has 1 saturated heterocycles. The quantitative estimate of drug-likeness (QED) is 0.723. The Morgan fingerprint density at radius 3 is 2.86 bits per heavy atom. The second-order valence-corrected chi connectivity index (χ2v) is 6.94. The molecule has 1 aromatic carbocycles. The van der Waals surface area contributed by atoms with E-state index in [-0.39, 0.29) is 12.5 Å². The summed E-state index contributed by atoms with van der Waals surface area (Å²) in [7, 11) is 1.79. The molecule has 1 fully saturated rings. The molecule has 9 heteroatoms. The van der Waals surface area contributed by atoms with E-state index >= 15 is 0 Å². The predicted molar refractivity (Wildman–Crippen MR) is 102 cm³/mol. The van der Waals surface area contributed by atoms with E-state index < -0.39 is 17.7 Å². The highest BCUT2D eigenvalue weighted by molar-refractivity contribution is 5.99. The maximum atomic E-state index is 12.9. The van der Waals surface area contributed by atoms with E-state index in [4.69, 9.17) is 4.42 Å². The zero-order valence-electron chi connectivity index (χ0n) is 15.7. The molecule has 4 rings (SSSR count). The van der Waals surface area contributed by atoms with Gasteiger partial charge in [-0.25, -0.2) is 4.79 Å². The summed E-state index contributed by atoms with van der Waals surface area (Å²) in [5.74, 6) is -0.473. The second kappa shape index (κ2) is 6.99. The number of rotatable bonds is 4. The summed E-state index contributed by atoms with van der Waals surface area (Å²) in [6, 6.07) is 8.12. The van der Waals surface area contributed by atoms with E-state index in [0.717, 1.165) is 12.1 Å². The van der Waals surface area contributed by atoms with Crippen molar-refractivity contribution in [3.8, 4) is 0 Å². The van der Waals surface area contributed by atoms with Gasteiger partial charge in [-0.2, -0.15) is 5.10 Å². The number of fused-ring (bicyclic) bond motifs is 1. The number of aryl methyl sites for hydroxylation is 2. The van der Waals surface area contributed by atoms with Crippen LogP contribution in [0, 0.1) is 6.92 Å². The number of hydrogen-bond donors (Lipinski definition) is 1. The number of para-hydroxylation sites is 2. The molecule has 9 nitrogen and oxygen atoms in total. The molecular formula is C19H21N5O4. The first-order chi connectivity index (χ1) is 13.4. The number of oxazole rings is 1. The Bertz CT molecular complexity index is 1110. The number of piperidine rings is 1. The van der Waals surface area contributed by atoms with Crippen LogP contribution in [0.4, 0.5) is 5.82 Å². The lowest BCUT2D eigenvalue weighted by Gasteiger charge is -2.32. The van der Waals surface area contributed by atoms with Crippen LogP contribution in [-0.4, -0.2) is 38.7 Å². The van der Waals surface area contributed by atoms with Gasteiger partial charge >= 0.3 is 5.76 Å². The van der Waals surface area contributed by atoms with Crippen molar-refractivity contribution in [2.75, 3.05) is 11.4 Å². The van der Waals surface area contributed by atoms with Crippen LogP contribution in [0.15, 0.2) is 39.5 Å². The highest BCUT2D eigenvalue weighted by Crippen LogP contribution is 2.21. The van der Waals surface area contributed by atoms with E-state index in [2.05, 4.69) is 10.4 Å². The molecule has 0 spiro atoms. The highest BCUT2D eigenvalue weighted by atomic mass is 16.4. The number of nitrogens with zero attached hydrogens (tertiary/aromatic N) is 4. The number of aromatic nitrogens is 3. The number of anilines is 1. The predicted octanol–water partition coefficient (Wildman–Crippen LogP) is 0.948. The summed E-state index contributed by atoms with van der Waals surface area (Å²) in [4.78, 5) is 39.1. The first-order valence-electron chi connectivity index (χ1n) is 9.14. The molecule has 146 valence electrons. The normalized spacial score (nSPS) is 17.3. The number of benzene rings is 1. The molecule has 2 aromatic heterocycles. The molecule has 0 saturated carbocycles. The third-order valence-corrected chi connectivity index (χ3v) is 4.90. The molecule has 3 heterocycles. The molecule has 28 heavy (non-hydrogen) atoms. The smallest absolute Gasteiger partial charge is 0.408 e. The Kier molecular flexibility index (Phi) is 4.50. The average molecular weight is 383 g/mol. The molecule has 1 aliphatic rings. The lowest BCUT2D eigenvalue weighted by molar-refractivity contribution is -0.128. The Morgan fingerprint density at radius 1 is 1.32 bits per heavy atom. The van der Waals surface area contributed by atoms with Crippen LogP contribution in [-0.2, 0) is 23.2 Å². The van der Waals surface area contributed by atoms with Gasteiger partial charge in [0.15, 0.2) is 5.58 Å². The summed E-state index contributed by atoms with van der Waals surface area (Å²) < 4.78 is 8.07. The van der Waals surface area contributed by atoms with Crippen molar-refractivity contribution in [3.05, 3.63) is 46.6 Å². The molecule has 0 unspecified atom stereocenters. The fraction of sp³-hybridized carbons (Fsp3) is 0.368. The van der Waals surface area contributed by atoms with Crippen LogP contribution in [0.3, 0.4) is 0 Å². The molecule has 3 aromatic rings.